The number of rotatable bonds is 3. The SMILES string of the molecule is C[C@H](Cc1ccc(Cl)cc1)C(=O)N1CCC2(CC1)C[C@@H](C)c1ccccc12. The van der Waals surface area contributed by atoms with Gasteiger partial charge in [-0.3, -0.25) is 4.79 Å². The lowest BCUT2D eigenvalue weighted by atomic mass is 9.73. The van der Waals surface area contributed by atoms with Crippen LogP contribution in [0.1, 0.15) is 55.7 Å². The van der Waals surface area contributed by atoms with E-state index < -0.39 is 0 Å². The Kier molecular flexibility index (Phi) is 5.03. The van der Waals surface area contributed by atoms with Crippen LogP contribution in [-0.4, -0.2) is 23.9 Å². The van der Waals surface area contributed by atoms with Crippen LogP contribution in [0.25, 0.3) is 0 Å². The highest BCUT2D eigenvalue weighted by Gasteiger charge is 2.44. The number of benzene rings is 2. The number of amides is 1. The van der Waals surface area contributed by atoms with Crippen molar-refractivity contribution in [1.82, 2.24) is 4.90 Å². The molecular formula is C24H28ClNO. The highest BCUT2D eigenvalue weighted by molar-refractivity contribution is 6.30. The van der Waals surface area contributed by atoms with Crippen LogP contribution in [0.3, 0.4) is 0 Å². The molecule has 27 heavy (non-hydrogen) atoms. The number of piperidine rings is 1. The molecule has 3 heteroatoms. The first-order chi connectivity index (χ1) is 13.0. The van der Waals surface area contributed by atoms with Crippen molar-refractivity contribution in [3.63, 3.8) is 0 Å². The second-order valence-corrected chi connectivity index (χ2v) is 8.97. The molecule has 4 rings (SSSR count). The van der Waals surface area contributed by atoms with Crippen LogP contribution in [0.5, 0.6) is 0 Å². The smallest absolute Gasteiger partial charge is 0.225 e. The summed E-state index contributed by atoms with van der Waals surface area (Å²) in [6, 6.07) is 16.8. The molecule has 1 spiro atoms. The van der Waals surface area contributed by atoms with Crippen LogP contribution in [0, 0.1) is 5.92 Å². The maximum Gasteiger partial charge on any atom is 0.225 e. The Bertz CT molecular complexity index is 821. The van der Waals surface area contributed by atoms with E-state index in [-0.39, 0.29) is 11.3 Å². The van der Waals surface area contributed by atoms with E-state index in [9.17, 15) is 4.79 Å². The van der Waals surface area contributed by atoms with Gasteiger partial charge in [-0.25, -0.2) is 0 Å². The van der Waals surface area contributed by atoms with Gasteiger partial charge in [0, 0.05) is 24.0 Å². The summed E-state index contributed by atoms with van der Waals surface area (Å²) in [6.07, 6.45) is 4.19. The summed E-state index contributed by atoms with van der Waals surface area (Å²) in [6.45, 7) is 6.16. The van der Waals surface area contributed by atoms with Crippen molar-refractivity contribution in [2.75, 3.05) is 13.1 Å². The van der Waals surface area contributed by atoms with E-state index in [2.05, 4.69) is 36.1 Å². The van der Waals surface area contributed by atoms with E-state index in [4.69, 9.17) is 11.6 Å². The molecule has 1 heterocycles. The lowest BCUT2D eigenvalue weighted by Gasteiger charge is -2.41. The van der Waals surface area contributed by atoms with E-state index >= 15 is 0 Å². The third-order valence-corrected chi connectivity index (χ3v) is 6.92. The third-order valence-electron chi connectivity index (χ3n) is 6.67. The highest BCUT2D eigenvalue weighted by Crippen LogP contribution is 2.51. The van der Waals surface area contributed by atoms with Gasteiger partial charge in [-0.05, 0) is 65.8 Å². The maximum atomic E-state index is 13.0. The third kappa shape index (κ3) is 3.52. The van der Waals surface area contributed by atoms with Gasteiger partial charge in [-0.1, -0.05) is 61.8 Å². The summed E-state index contributed by atoms with van der Waals surface area (Å²) in [5, 5.41) is 0.741. The van der Waals surface area contributed by atoms with Gasteiger partial charge in [-0.2, -0.15) is 0 Å². The minimum Gasteiger partial charge on any atom is -0.342 e. The van der Waals surface area contributed by atoms with Crippen LogP contribution >= 0.6 is 11.6 Å². The molecule has 1 saturated heterocycles. The lowest BCUT2D eigenvalue weighted by molar-refractivity contribution is -0.136. The van der Waals surface area contributed by atoms with Crippen LogP contribution in [-0.2, 0) is 16.6 Å². The molecule has 2 atom stereocenters. The minimum atomic E-state index is 0.00927. The van der Waals surface area contributed by atoms with Gasteiger partial charge in [0.15, 0.2) is 0 Å². The molecule has 0 radical (unpaired) electrons. The minimum absolute atomic E-state index is 0.00927. The first-order valence-electron chi connectivity index (χ1n) is 10.1. The second-order valence-electron chi connectivity index (χ2n) is 8.53. The number of halogens is 1. The van der Waals surface area contributed by atoms with Gasteiger partial charge in [0.25, 0.3) is 0 Å². The number of hydrogen-bond donors (Lipinski definition) is 0. The first-order valence-corrected chi connectivity index (χ1v) is 10.5. The molecule has 1 aliphatic carbocycles. The molecule has 2 nitrogen and oxygen atoms in total. The van der Waals surface area contributed by atoms with Gasteiger partial charge in [0.2, 0.25) is 5.91 Å². The number of hydrogen-bond acceptors (Lipinski definition) is 1. The average Bonchev–Trinajstić information content (AvgIpc) is 2.96. The predicted molar refractivity (Wildman–Crippen MR) is 111 cm³/mol. The molecule has 2 aromatic carbocycles. The predicted octanol–water partition coefficient (Wildman–Crippen LogP) is 5.59. The lowest BCUT2D eigenvalue weighted by Crippen LogP contribution is -2.46. The van der Waals surface area contributed by atoms with Crippen molar-refractivity contribution >= 4 is 17.5 Å². The number of carbonyl (C=O) groups is 1. The van der Waals surface area contributed by atoms with Crippen LogP contribution in [0.4, 0.5) is 0 Å². The van der Waals surface area contributed by atoms with E-state index in [1.807, 2.05) is 31.2 Å². The zero-order valence-electron chi connectivity index (χ0n) is 16.2. The van der Waals surface area contributed by atoms with Crippen LogP contribution in [0.2, 0.25) is 5.02 Å². The van der Waals surface area contributed by atoms with Crippen molar-refractivity contribution in [2.24, 2.45) is 5.92 Å². The molecular weight excluding hydrogens is 354 g/mol. The summed E-state index contributed by atoms with van der Waals surface area (Å²) in [7, 11) is 0. The number of carbonyl (C=O) groups excluding carboxylic acids is 1. The van der Waals surface area contributed by atoms with Crippen molar-refractivity contribution in [1.29, 1.82) is 0 Å². The van der Waals surface area contributed by atoms with Gasteiger partial charge in [-0.15, -0.1) is 0 Å². The molecule has 2 aliphatic rings. The summed E-state index contributed by atoms with van der Waals surface area (Å²) in [5.41, 5.74) is 4.52. The molecule has 0 saturated carbocycles. The Labute approximate surface area is 167 Å². The van der Waals surface area contributed by atoms with Crippen molar-refractivity contribution in [3.8, 4) is 0 Å². The summed E-state index contributed by atoms with van der Waals surface area (Å²) >= 11 is 5.96. The summed E-state index contributed by atoms with van der Waals surface area (Å²) < 4.78 is 0. The number of likely N-dealkylation sites (tertiary alicyclic amines) is 1. The molecule has 1 amide bonds. The van der Waals surface area contributed by atoms with E-state index in [0.717, 1.165) is 37.4 Å². The molecule has 1 aliphatic heterocycles. The molecule has 142 valence electrons. The zero-order valence-corrected chi connectivity index (χ0v) is 17.0. The first kappa shape index (κ1) is 18.6. The van der Waals surface area contributed by atoms with Gasteiger partial charge < -0.3 is 4.90 Å². The summed E-state index contributed by atoms with van der Waals surface area (Å²) in [4.78, 5) is 15.1. The van der Waals surface area contributed by atoms with Crippen molar-refractivity contribution in [3.05, 3.63) is 70.2 Å². The topological polar surface area (TPSA) is 20.3 Å². The zero-order chi connectivity index (χ0) is 19.0. The normalized spacial score (nSPS) is 21.9. The van der Waals surface area contributed by atoms with Gasteiger partial charge >= 0.3 is 0 Å². The molecule has 0 unspecified atom stereocenters. The largest absolute Gasteiger partial charge is 0.342 e. The Hall–Kier alpha value is -1.80. The van der Waals surface area contributed by atoms with Gasteiger partial charge in [0.1, 0.15) is 0 Å². The number of nitrogens with zero attached hydrogens (tertiary/aromatic N) is 1. The monoisotopic (exact) mass is 381 g/mol. The fraction of sp³-hybridized carbons (Fsp3) is 0.458. The molecule has 0 N–H and O–H groups in total. The fourth-order valence-corrected chi connectivity index (χ4v) is 5.34. The number of fused-ring (bicyclic) bond motifs is 2. The Balaban J connectivity index is 1.40. The van der Waals surface area contributed by atoms with E-state index in [1.165, 1.54) is 17.5 Å². The molecule has 0 aromatic heterocycles. The second kappa shape index (κ2) is 7.31. The molecule has 1 fully saturated rings. The quantitative estimate of drug-likeness (QED) is 0.678. The van der Waals surface area contributed by atoms with Crippen LogP contribution in [0.15, 0.2) is 48.5 Å². The maximum absolute atomic E-state index is 13.0. The Morgan fingerprint density at radius 3 is 2.52 bits per heavy atom. The van der Waals surface area contributed by atoms with Crippen LogP contribution < -0.4 is 0 Å². The summed E-state index contributed by atoms with van der Waals surface area (Å²) in [5.74, 6) is 0.932. The van der Waals surface area contributed by atoms with Crippen molar-refractivity contribution < 1.29 is 4.79 Å². The molecule has 0 bridgehead atoms. The Morgan fingerprint density at radius 2 is 1.81 bits per heavy atom. The average molecular weight is 382 g/mol. The standard InChI is InChI=1S/C24H28ClNO/c1-17(15-19-7-9-20(25)10-8-19)23(27)26-13-11-24(12-14-26)16-18(2)21-5-3-4-6-22(21)24/h3-10,17-18H,11-16H2,1-2H3/t17-,18-/m1/s1. The fourth-order valence-electron chi connectivity index (χ4n) is 5.22. The Morgan fingerprint density at radius 1 is 1.15 bits per heavy atom. The van der Waals surface area contributed by atoms with E-state index in [0.29, 0.717) is 11.8 Å². The van der Waals surface area contributed by atoms with E-state index in [1.54, 1.807) is 5.56 Å². The van der Waals surface area contributed by atoms with Crippen molar-refractivity contribution in [2.45, 2.75) is 50.9 Å². The van der Waals surface area contributed by atoms with Gasteiger partial charge in [0.05, 0.1) is 0 Å². The molecule has 2 aromatic rings. The highest BCUT2D eigenvalue weighted by atomic mass is 35.5.